The topological polar surface area (TPSA) is 66.4 Å². The van der Waals surface area contributed by atoms with Crippen molar-refractivity contribution < 1.29 is 14.7 Å². The van der Waals surface area contributed by atoms with Gasteiger partial charge in [-0.25, -0.2) is 4.79 Å². The molecule has 0 fully saturated rings. The predicted molar refractivity (Wildman–Crippen MR) is 81.6 cm³/mol. The van der Waals surface area contributed by atoms with Gasteiger partial charge in [0.05, 0.1) is 0 Å². The van der Waals surface area contributed by atoms with Gasteiger partial charge in [0.15, 0.2) is 0 Å². The number of amides is 1. The first-order chi connectivity index (χ1) is 9.39. The Hall–Kier alpha value is -1.36. The van der Waals surface area contributed by atoms with Gasteiger partial charge < -0.3 is 10.4 Å². The zero-order valence-corrected chi connectivity index (χ0v) is 13.4. The minimum absolute atomic E-state index is 0.237. The summed E-state index contributed by atoms with van der Waals surface area (Å²) in [5.41, 5.74) is -0.144. The lowest BCUT2D eigenvalue weighted by Crippen LogP contribution is -2.52. The van der Waals surface area contributed by atoms with Crippen LogP contribution >= 0.6 is 15.9 Å². The van der Waals surface area contributed by atoms with Crippen LogP contribution in [0.4, 0.5) is 0 Å². The normalized spacial score (nSPS) is 13.6. The summed E-state index contributed by atoms with van der Waals surface area (Å²) in [5, 5.41) is 11.8. The molecule has 20 heavy (non-hydrogen) atoms. The number of aryl methyl sites for hydroxylation is 1. The van der Waals surface area contributed by atoms with Gasteiger partial charge >= 0.3 is 5.97 Å². The van der Waals surface area contributed by atoms with Crippen molar-refractivity contribution in [3.8, 4) is 0 Å². The Morgan fingerprint density at radius 3 is 2.55 bits per heavy atom. The van der Waals surface area contributed by atoms with Crippen LogP contribution in [0.15, 0.2) is 28.7 Å². The summed E-state index contributed by atoms with van der Waals surface area (Å²) in [5.74, 6) is -1.23. The molecule has 0 aliphatic carbocycles. The van der Waals surface area contributed by atoms with Crippen LogP contribution in [0, 0.1) is 0 Å². The van der Waals surface area contributed by atoms with E-state index in [-0.39, 0.29) is 12.3 Å². The predicted octanol–water partition coefficient (Wildman–Crippen LogP) is 3.14. The zero-order valence-electron chi connectivity index (χ0n) is 11.8. The highest BCUT2D eigenvalue weighted by atomic mass is 79.9. The fourth-order valence-electron chi connectivity index (χ4n) is 2.04. The summed E-state index contributed by atoms with van der Waals surface area (Å²) in [6.45, 7) is 3.45. The fraction of sp³-hybridized carbons (Fsp3) is 0.467. The molecule has 4 nitrogen and oxygen atoms in total. The van der Waals surface area contributed by atoms with Gasteiger partial charge in [-0.2, -0.15) is 0 Å². The second-order valence-corrected chi connectivity index (χ2v) is 5.88. The maximum Gasteiger partial charge on any atom is 0.329 e. The maximum absolute atomic E-state index is 11.9. The van der Waals surface area contributed by atoms with Crippen LogP contribution in [0.1, 0.15) is 38.7 Å². The monoisotopic (exact) mass is 341 g/mol. The molecule has 0 aromatic heterocycles. The van der Waals surface area contributed by atoms with Crippen molar-refractivity contribution in [1.29, 1.82) is 0 Å². The van der Waals surface area contributed by atoms with E-state index >= 15 is 0 Å². The third-order valence-corrected chi connectivity index (χ3v) is 3.99. The van der Waals surface area contributed by atoms with E-state index in [1.54, 1.807) is 6.92 Å². The number of hydrogen-bond acceptors (Lipinski definition) is 2. The van der Waals surface area contributed by atoms with Crippen molar-refractivity contribution in [2.24, 2.45) is 0 Å². The molecule has 0 radical (unpaired) electrons. The number of nitrogens with one attached hydrogen (secondary N) is 1. The summed E-state index contributed by atoms with van der Waals surface area (Å²) in [6, 6.07) is 7.69. The van der Waals surface area contributed by atoms with Crippen LogP contribution in [-0.4, -0.2) is 22.5 Å². The third-order valence-electron chi connectivity index (χ3n) is 3.22. The first kappa shape index (κ1) is 16.7. The zero-order chi connectivity index (χ0) is 15.2. The molecular formula is C15H20BrNO3. The number of carbonyl (C=O) groups excluding carboxylic acids is 1. The van der Waals surface area contributed by atoms with Gasteiger partial charge in [-0.05, 0) is 31.4 Å². The van der Waals surface area contributed by atoms with E-state index in [4.69, 9.17) is 0 Å². The minimum Gasteiger partial charge on any atom is -0.480 e. The molecule has 0 saturated heterocycles. The highest BCUT2D eigenvalue weighted by Crippen LogP contribution is 2.18. The third kappa shape index (κ3) is 4.63. The van der Waals surface area contributed by atoms with Crippen molar-refractivity contribution in [2.75, 3.05) is 0 Å². The van der Waals surface area contributed by atoms with E-state index in [9.17, 15) is 14.7 Å². The number of carboxylic acids is 1. The number of hydrogen-bond donors (Lipinski definition) is 2. The van der Waals surface area contributed by atoms with Gasteiger partial charge in [-0.1, -0.05) is 47.5 Å². The molecule has 0 aliphatic rings. The molecule has 5 heteroatoms. The lowest BCUT2D eigenvalue weighted by molar-refractivity contribution is -0.147. The van der Waals surface area contributed by atoms with Crippen LogP contribution in [0.5, 0.6) is 0 Å². The quantitative estimate of drug-likeness (QED) is 0.800. The van der Waals surface area contributed by atoms with Gasteiger partial charge in [-0.3, -0.25) is 4.79 Å². The van der Waals surface area contributed by atoms with Crippen LogP contribution in [0.2, 0.25) is 0 Å². The highest BCUT2D eigenvalue weighted by Gasteiger charge is 2.33. The van der Waals surface area contributed by atoms with Crippen molar-refractivity contribution in [3.63, 3.8) is 0 Å². The highest BCUT2D eigenvalue weighted by molar-refractivity contribution is 9.10. The second kappa shape index (κ2) is 7.43. The molecule has 110 valence electrons. The van der Waals surface area contributed by atoms with E-state index in [0.29, 0.717) is 19.3 Å². The Morgan fingerprint density at radius 1 is 1.35 bits per heavy atom. The summed E-state index contributed by atoms with van der Waals surface area (Å²) < 4.78 is 0.961. The van der Waals surface area contributed by atoms with Gasteiger partial charge in [0.2, 0.25) is 5.91 Å². The van der Waals surface area contributed by atoms with E-state index in [2.05, 4.69) is 21.2 Å². The van der Waals surface area contributed by atoms with E-state index in [1.165, 1.54) is 0 Å². The Kier molecular flexibility index (Phi) is 6.20. The Morgan fingerprint density at radius 2 is 2.00 bits per heavy atom. The number of halogens is 1. The molecule has 1 amide bonds. The second-order valence-electron chi connectivity index (χ2n) is 5.03. The molecule has 1 aromatic rings. The number of aliphatic carboxylic acids is 1. The van der Waals surface area contributed by atoms with Crippen molar-refractivity contribution in [2.45, 2.75) is 45.1 Å². The van der Waals surface area contributed by atoms with Crippen molar-refractivity contribution in [3.05, 3.63) is 34.3 Å². The molecule has 0 bridgehead atoms. The van der Waals surface area contributed by atoms with Gasteiger partial charge in [0.1, 0.15) is 5.54 Å². The minimum atomic E-state index is -1.18. The average molecular weight is 342 g/mol. The maximum atomic E-state index is 11.9. The molecule has 0 heterocycles. The SMILES string of the molecule is CCCC(C)(NC(=O)CCc1ccccc1Br)C(=O)O. The van der Waals surface area contributed by atoms with E-state index in [0.717, 1.165) is 10.0 Å². The molecule has 1 atom stereocenters. The first-order valence-electron chi connectivity index (χ1n) is 6.67. The summed E-state index contributed by atoms with van der Waals surface area (Å²) in [7, 11) is 0. The Balaban J connectivity index is 2.59. The molecule has 0 spiro atoms. The lowest BCUT2D eigenvalue weighted by Gasteiger charge is -2.25. The average Bonchev–Trinajstić information content (AvgIpc) is 2.38. The van der Waals surface area contributed by atoms with Crippen molar-refractivity contribution in [1.82, 2.24) is 5.32 Å². The van der Waals surface area contributed by atoms with E-state index in [1.807, 2.05) is 31.2 Å². The van der Waals surface area contributed by atoms with Gasteiger partial charge in [0.25, 0.3) is 0 Å². The first-order valence-corrected chi connectivity index (χ1v) is 7.46. The lowest BCUT2D eigenvalue weighted by atomic mass is 9.96. The van der Waals surface area contributed by atoms with Crippen molar-refractivity contribution >= 4 is 27.8 Å². The smallest absolute Gasteiger partial charge is 0.329 e. The molecule has 1 unspecified atom stereocenters. The van der Waals surface area contributed by atoms with Crippen LogP contribution in [0.3, 0.4) is 0 Å². The summed E-state index contributed by atoms with van der Waals surface area (Å²) >= 11 is 3.43. The molecule has 1 aromatic carbocycles. The number of carbonyl (C=O) groups is 2. The molecule has 0 aliphatic heterocycles. The Bertz CT molecular complexity index is 490. The van der Waals surface area contributed by atoms with Gasteiger partial charge in [-0.15, -0.1) is 0 Å². The summed E-state index contributed by atoms with van der Waals surface area (Å²) in [6.07, 6.45) is 1.97. The molecule has 1 rings (SSSR count). The molecular weight excluding hydrogens is 322 g/mol. The fourth-order valence-corrected chi connectivity index (χ4v) is 2.53. The van der Waals surface area contributed by atoms with Crippen LogP contribution in [0.25, 0.3) is 0 Å². The Labute approximate surface area is 127 Å². The van der Waals surface area contributed by atoms with Crippen LogP contribution in [-0.2, 0) is 16.0 Å². The molecule has 2 N–H and O–H groups in total. The van der Waals surface area contributed by atoms with E-state index < -0.39 is 11.5 Å². The number of benzene rings is 1. The standard InChI is InChI=1S/C15H20BrNO3/c1-3-10-15(2,14(19)20)17-13(18)9-8-11-6-4-5-7-12(11)16/h4-7H,3,8-10H2,1-2H3,(H,17,18)(H,19,20). The van der Waals surface area contributed by atoms with Gasteiger partial charge in [0, 0.05) is 10.9 Å². The summed E-state index contributed by atoms with van der Waals surface area (Å²) in [4.78, 5) is 23.2. The molecule has 0 saturated carbocycles. The number of carboxylic acid groups (broad SMARTS) is 1. The largest absolute Gasteiger partial charge is 0.480 e. The van der Waals surface area contributed by atoms with Crippen LogP contribution < -0.4 is 5.32 Å². The number of rotatable bonds is 7.